The summed E-state index contributed by atoms with van der Waals surface area (Å²) in [5, 5.41) is 2.99. The van der Waals surface area contributed by atoms with Gasteiger partial charge >= 0.3 is 5.69 Å². The van der Waals surface area contributed by atoms with Crippen molar-refractivity contribution in [3.63, 3.8) is 0 Å². The zero-order valence-corrected chi connectivity index (χ0v) is 14.5. The van der Waals surface area contributed by atoms with Gasteiger partial charge in [-0.3, -0.25) is 14.9 Å². The lowest BCUT2D eigenvalue weighted by molar-refractivity contribution is 0.0793. The molecule has 0 saturated carbocycles. The molecule has 2 N–H and O–H groups in total. The van der Waals surface area contributed by atoms with Crippen LogP contribution < -0.4 is 5.69 Å². The maximum Gasteiger partial charge on any atom is 0.348 e. The molecule has 128 valence electrons. The molecule has 2 aromatic heterocycles. The molecule has 0 radical (unpaired) electrons. The highest BCUT2D eigenvalue weighted by molar-refractivity contribution is 7.71. The van der Waals surface area contributed by atoms with E-state index in [9.17, 15) is 9.59 Å². The number of aromatic amines is 2. The van der Waals surface area contributed by atoms with Gasteiger partial charge in [-0.1, -0.05) is 12.1 Å². The van der Waals surface area contributed by atoms with Gasteiger partial charge in [0.25, 0.3) is 5.91 Å². The summed E-state index contributed by atoms with van der Waals surface area (Å²) in [4.78, 5) is 33.1. The number of carbonyl (C=O) groups is 1. The summed E-state index contributed by atoms with van der Waals surface area (Å²) >= 11 is 5.02. The van der Waals surface area contributed by atoms with Crippen LogP contribution in [0.15, 0.2) is 29.1 Å². The molecule has 3 heterocycles. The van der Waals surface area contributed by atoms with Gasteiger partial charge in [0.1, 0.15) is 0 Å². The van der Waals surface area contributed by atoms with Gasteiger partial charge in [0.15, 0.2) is 5.65 Å². The number of aryl methyl sites for hydroxylation is 1. The third kappa shape index (κ3) is 2.68. The first-order valence-electron chi connectivity index (χ1n) is 8.16. The lowest BCUT2D eigenvalue weighted by Crippen LogP contribution is -2.27. The zero-order valence-electron chi connectivity index (χ0n) is 13.7. The molecule has 7 nitrogen and oxygen atoms in total. The lowest BCUT2D eigenvalue weighted by Gasteiger charge is -2.15. The van der Waals surface area contributed by atoms with Gasteiger partial charge in [-0.25, -0.2) is 4.79 Å². The second-order valence-electron chi connectivity index (χ2n) is 6.19. The summed E-state index contributed by atoms with van der Waals surface area (Å²) < 4.78 is 1.48. The van der Waals surface area contributed by atoms with Crippen molar-refractivity contribution in [2.75, 3.05) is 13.1 Å². The van der Waals surface area contributed by atoms with Gasteiger partial charge in [0.05, 0.1) is 0 Å². The van der Waals surface area contributed by atoms with E-state index >= 15 is 0 Å². The van der Waals surface area contributed by atoms with Crippen LogP contribution in [0.2, 0.25) is 0 Å². The monoisotopic (exact) mass is 355 g/mol. The molecule has 1 fully saturated rings. The van der Waals surface area contributed by atoms with Crippen molar-refractivity contribution in [1.29, 1.82) is 0 Å². The summed E-state index contributed by atoms with van der Waals surface area (Å²) in [6, 6.07) is 7.40. The highest BCUT2D eigenvalue weighted by Gasteiger charge is 2.20. The van der Waals surface area contributed by atoms with Gasteiger partial charge in [0, 0.05) is 29.9 Å². The third-order valence-electron chi connectivity index (χ3n) is 4.53. The van der Waals surface area contributed by atoms with Crippen LogP contribution in [0, 0.1) is 11.7 Å². The molecule has 1 aliphatic rings. The van der Waals surface area contributed by atoms with Crippen LogP contribution >= 0.6 is 12.2 Å². The number of fused-ring (bicyclic) bond motifs is 1. The Morgan fingerprint density at radius 1 is 1.20 bits per heavy atom. The largest absolute Gasteiger partial charge is 0.348 e. The normalized spacial score (nSPS) is 14.4. The van der Waals surface area contributed by atoms with E-state index in [-0.39, 0.29) is 16.4 Å². The fourth-order valence-corrected chi connectivity index (χ4v) is 3.48. The number of H-pyrrole nitrogens is 2. The Bertz CT molecular complexity index is 1070. The summed E-state index contributed by atoms with van der Waals surface area (Å²) in [6.45, 7) is 3.52. The molecule has 0 unspecified atom stereocenters. The molecule has 4 rings (SSSR count). The Labute approximate surface area is 148 Å². The first-order valence-corrected chi connectivity index (χ1v) is 8.57. The average molecular weight is 355 g/mol. The van der Waals surface area contributed by atoms with E-state index in [0.717, 1.165) is 42.8 Å². The minimum absolute atomic E-state index is 0.0662. The van der Waals surface area contributed by atoms with E-state index in [1.165, 1.54) is 4.52 Å². The minimum Gasteiger partial charge on any atom is -0.339 e. The van der Waals surface area contributed by atoms with Gasteiger partial charge in [-0.05, 0) is 49.7 Å². The predicted octanol–water partition coefficient (Wildman–Crippen LogP) is 2.29. The van der Waals surface area contributed by atoms with Crippen LogP contribution in [-0.4, -0.2) is 43.5 Å². The first-order chi connectivity index (χ1) is 12.0. The van der Waals surface area contributed by atoms with E-state index < -0.39 is 0 Å². The van der Waals surface area contributed by atoms with Crippen molar-refractivity contribution >= 4 is 23.8 Å². The number of nitrogens with one attached hydrogen (secondary N) is 2. The Morgan fingerprint density at radius 2 is 1.88 bits per heavy atom. The smallest absolute Gasteiger partial charge is 0.339 e. The number of carbonyl (C=O) groups excluding carboxylic acids is 1. The molecule has 1 aromatic carbocycles. The molecule has 0 atom stereocenters. The van der Waals surface area contributed by atoms with Crippen LogP contribution in [0.4, 0.5) is 0 Å². The second kappa shape index (κ2) is 5.96. The number of nitrogens with zero attached hydrogens (tertiary/aromatic N) is 3. The number of benzene rings is 1. The summed E-state index contributed by atoms with van der Waals surface area (Å²) in [6.07, 6.45) is 2.14. The number of hydrogen-bond acceptors (Lipinski definition) is 4. The molecule has 0 spiro atoms. The molecule has 1 saturated heterocycles. The quantitative estimate of drug-likeness (QED) is 0.691. The molecule has 3 aromatic rings. The number of amides is 1. The van der Waals surface area contributed by atoms with E-state index in [1.54, 1.807) is 0 Å². The standard InChI is InChI=1S/C17H17N5O2S/c1-10-13(14-18-16(25)19-17(24)22(14)20-10)11-4-6-12(7-5-11)15(23)21-8-2-3-9-21/h4-7,20H,2-3,8-9H2,1H3,(H,19,24,25). The van der Waals surface area contributed by atoms with E-state index in [2.05, 4.69) is 15.1 Å². The predicted molar refractivity (Wildman–Crippen MR) is 96.3 cm³/mol. The number of aromatic nitrogens is 4. The number of hydrogen-bond donors (Lipinski definition) is 2. The third-order valence-corrected chi connectivity index (χ3v) is 4.72. The zero-order chi connectivity index (χ0) is 17.6. The molecule has 8 heteroatoms. The maximum absolute atomic E-state index is 12.5. The van der Waals surface area contributed by atoms with Crippen LogP contribution in [0.25, 0.3) is 16.8 Å². The average Bonchev–Trinajstić information content (AvgIpc) is 3.22. The Hall–Kier alpha value is -2.74. The summed E-state index contributed by atoms with van der Waals surface area (Å²) in [5.74, 6) is 0.0662. The molecule has 0 aliphatic carbocycles. The van der Waals surface area contributed by atoms with Crippen molar-refractivity contribution < 1.29 is 4.79 Å². The second-order valence-corrected chi connectivity index (χ2v) is 6.58. The van der Waals surface area contributed by atoms with Gasteiger partial charge in [-0.2, -0.15) is 9.50 Å². The van der Waals surface area contributed by atoms with E-state index in [4.69, 9.17) is 12.2 Å². The van der Waals surface area contributed by atoms with Crippen LogP contribution in [0.3, 0.4) is 0 Å². The van der Waals surface area contributed by atoms with Gasteiger partial charge in [-0.15, -0.1) is 0 Å². The van der Waals surface area contributed by atoms with Crippen molar-refractivity contribution in [1.82, 2.24) is 24.5 Å². The minimum atomic E-state index is -0.356. The fraction of sp³-hybridized carbons (Fsp3) is 0.294. The van der Waals surface area contributed by atoms with Crippen molar-refractivity contribution in [2.45, 2.75) is 19.8 Å². The lowest BCUT2D eigenvalue weighted by atomic mass is 10.0. The highest BCUT2D eigenvalue weighted by Crippen LogP contribution is 2.27. The topological polar surface area (TPSA) is 86.3 Å². The molecular weight excluding hydrogens is 338 g/mol. The Kier molecular flexibility index (Phi) is 3.76. The van der Waals surface area contributed by atoms with Gasteiger partial charge < -0.3 is 4.90 Å². The molecule has 1 aliphatic heterocycles. The summed E-state index contributed by atoms with van der Waals surface area (Å²) in [7, 11) is 0. The Morgan fingerprint density at radius 3 is 2.56 bits per heavy atom. The maximum atomic E-state index is 12.5. The molecular formula is C17H17N5O2S. The molecule has 0 bridgehead atoms. The van der Waals surface area contributed by atoms with Crippen LogP contribution in [0.5, 0.6) is 0 Å². The van der Waals surface area contributed by atoms with Gasteiger partial charge in [0.2, 0.25) is 4.77 Å². The highest BCUT2D eigenvalue weighted by atomic mass is 32.1. The molecule has 1 amide bonds. The molecule has 25 heavy (non-hydrogen) atoms. The number of likely N-dealkylation sites (tertiary alicyclic amines) is 1. The van der Waals surface area contributed by atoms with E-state index in [1.807, 2.05) is 36.1 Å². The summed E-state index contributed by atoms with van der Waals surface area (Å²) in [5.41, 5.74) is 3.27. The van der Waals surface area contributed by atoms with Crippen LogP contribution in [0.1, 0.15) is 28.9 Å². The first kappa shape index (κ1) is 15.8. The van der Waals surface area contributed by atoms with Crippen molar-refractivity contribution in [2.24, 2.45) is 0 Å². The SMILES string of the molecule is Cc1[nH]n2c(=O)[nH]c(=S)nc2c1-c1ccc(C(=O)N2CCCC2)cc1. The Balaban J connectivity index is 1.77. The van der Waals surface area contributed by atoms with Crippen molar-refractivity contribution in [3.05, 3.63) is 50.8 Å². The van der Waals surface area contributed by atoms with E-state index in [0.29, 0.717) is 11.2 Å². The fourth-order valence-electron chi connectivity index (χ4n) is 3.31. The number of rotatable bonds is 2. The van der Waals surface area contributed by atoms with Crippen LogP contribution in [-0.2, 0) is 0 Å². The van der Waals surface area contributed by atoms with Crippen molar-refractivity contribution in [3.8, 4) is 11.1 Å².